The standard InChI is InChI=1S/C9H9FN2O4/c10-4-2-12-7-1-5(6(3-13)15-7)16-9(12)11-8(4)14/h2,5-7,13H,1,3H2. The molecule has 1 aromatic heterocycles. The number of aliphatic hydroxyl groups is 1. The third-order valence-corrected chi connectivity index (χ3v) is 2.80. The van der Waals surface area contributed by atoms with E-state index in [2.05, 4.69) is 4.98 Å². The molecule has 1 aromatic rings. The highest BCUT2D eigenvalue weighted by molar-refractivity contribution is 5.08. The molecule has 16 heavy (non-hydrogen) atoms. The molecule has 3 unspecified atom stereocenters. The van der Waals surface area contributed by atoms with Crippen molar-refractivity contribution in [2.45, 2.75) is 24.9 Å². The summed E-state index contributed by atoms with van der Waals surface area (Å²) in [6, 6.07) is 0.0450. The molecular weight excluding hydrogens is 219 g/mol. The van der Waals surface area contributed by atoms with Crippen molar-refractivity contribution in [3.8, 4) is 6.01 Å². The molecule has 3 rings (SSSR count). The number of aliphatic hydroxyl groups excluding tert-OH is 1. The minimum Gasteiger partial charge on any atom is -0.458 e. The van der Waals surface area contributed by atoms with E-state index in [1.807, 2.05) is 0 Å². The topological polar surface area (TPSA) is 73.6 Å². The van der Waals surface area contributed by atoms with Gasteiger partial charge in [0, 0.05) is 6.42 Å². The summed E-state index contributed by atoms with van der Waals surface area (Å²) in [7, 11) is 0. The summed E-state index contributed by atoms with van der Waals surface area (Å²) in [5.74, 6) is -0.943. The number of hydrogen-bond donors (Lipinski definition) is 1. The summed E-state index contributed by atoms with van der Waals surface area (Å²) >= 11 is 0. The first-order chi connectivity index (χ1) is 7.69. The molecule has 2 aliphatic heterocycles. The van der Waals surface area contributed by atoms with Crippen molar-refractivity contribution < 1.29 is 19.0 Å². The van der Waals surface area contributed by atoms with Crippen LogP contribution >= 0.6 is 0 Å². The lowest BCUT2D eigenvalue weighted by Crippen LogP contribution is -2.33. The van der Waals surface area contributed by atoms with Crippen LogP contribution in [0.5, 0.6) is 6.01 Å². The molecular formula is C9H9FN2O4. The van der Waals surface area contributed by atoms with Crippen molar-refractivity contribution in [1.82, 2.24) is 9.55 Å². The van der Waals surface area contributed by atoms with Gasteiger partial charge in [-0.05, 0) is 0 Å². The summed E-state index contributed by atoms with van der Waals surface area (Å²) in [5.41, 5.74) is -0.951. The Morgan fingerprint density at radius 2 is 2.50 bits per heavy atom. The molecule has 0 aliphatic carbocycles. The number of aromatic nitrogens is 2. The molecule has 2 bridgehead atoms. The molecule has 6 nitrogen and oxygen atoms in total. The van der Waals surface area contributed by atoms with Crippen LogP contribution in [0, 0.1) is 5.82 Å². The van der Waals surface area contributed by atoms with Crippen LogP contribution in [0.4, 0.5) is 4.39 Å². The number of hydrogen-bond acceptors (Lipinski definition) is 5. The van der Waals surface area contributed by atoms with Crippen LogP contribution in [0.15, 0.2) is 11.0 Å². The second-order valence-corrected chi connectivity index (χ2v) is 3.79. The fourth-order valence-corrected chi connectivity index (χ4v) is 2.02. The van der Waals surface area contributed by atoms with Gasteiger partial charge in [-0.25, -0.2) is 0 Å². The number of ether oxygens (including phenoxy) is 2. The van der Waals surface area contributed by atoms with Crippen LogP contribution < -0.4 is 10.3 Å². The van der Waals surface area contributed by atoms with E-state index >= 15 is 0 Å². The zero-order valence-corrected chi connectivity index (χ0v) is 8.17. The van der Waals surface area contributed by atoms with Gasteiger partial charge < -0.3 is 14.6 Å². The molecule has 2 aliphatic rings. The molecule has 1 saturated heterocycles. The summed E-state index contributed by atoms with van der Waals surface area (Å²) in [6.45, 7) is -0.178. The molecule has 0 saturated carbocycles. The van der Waals surface area contributed by atoms with Gasteiger partial charge in [-0.1, -0.05) is 0 Å². The lowest BCUT2D eigenvalue weighted by Gasteiger charge is -2.23. The first-order valence-corrected chi connectivity index (χ1v) is 4.90. The minimum atomic E-state index is -0.951. The first-order valence-electron chi connectivity index (χ1n) is 4.90. The van der Waals surface area contributed by atoms with Crippen LogP contribution in [0.1, 0.15) is 12.6 Å². The van der Waals surface area contributed by atoms with Gasteiger partial charge in [0.2, 0.25) is 5.82 Å². The molecule has 0 spiro atoms. The Balaban J connectivity index is 2.06. The van der Waals surface area contributed by atoms with Crippen LogP contribution in [-0.4, -0.2) is 33.5 Å². The fraction of sp³-hybridized carbons (Fsp3) is 0.556. The zero-order chi connectivity index (χ0) is 11.3. The van der Waals surface area contributed by atoms with Gasteiger partial charge in [0.25, 0.3) is 0 Å². The predicted molar refractivity (Wildman–Crippen MR) is 48.5 cm³/mol. The largest absolute Gasteiger partial charge is 0.458 e. The van der Waals surface area contributed by atoms with Crippen LogP contribution in [0.3, 0.4) is 0 Å². The van der Waals surface area contributed by atoms with Crippen molar-refractivity contribution in [2.24, 2.45) is 0 Å². The van der Waals surface area contributed by atoms with E-state index in [0.717, 1.165) is 6.20 Å². The molecule has 86 valence electrons. The van der Waals surface area contributed by atoms with Crippen LogP contribution in [0.25, 0.3) is 0 Å². The zero-order valence-electron chi connectivity index (χ0n) is 8.17. The number of nitrogens with zero attached hydrogens (tertiary/aromatic N) is 2. The van der Waals surface area contributed by atoms with E-state index in [4.69, 9.17) is 14.6 Å². The van der Waals surface area contributed by atoms with Crippen LogP contribution in [-0.2, 0) is 4.74 Å². The second kappa shape index (κ2) is 3.26. The normalized spacial score (nSPS) is 31.0. The van der Waals surface area contributed by atoms with E-state index in [1.165, 1.54) is 4.57 Å². The molecule has 3 atom stereocenters. The Morgan fingerprint density at radius 1 is 1.69 bits per heavy atom. The fourth-order valence-electron chi connectivity index (χ4n) is 2.02. The van der Waals surface area contributed by atoms with E-state index in [9.17, 15) is 9.18 Å². The van der Waals surface area contributed by atoms with Gasteiger partial charge in [-0.15, -0.1) is 0 Å². The molecule has 3 heterocycles. The third-order valence-electron chi connectivity index (χ3n) is 2.80. The maximum Gasteiger partial charge on any atom is 0.311 e. The average Bonchev–Trinajstić information content (AvgIpc) is 2.60. The highest BCUT2D eigenvalue weighted by Gasteiger charge is 2.42. The Labute approximate surface area is 89.2 Å². The van der Waals surface area contributed by atoms with Crippen molar-refractivity contribution >= 4 is 0 Å². The Kier molecular flexibility index (Phi) is 1.98. The van der Waals surface area contributed by atoms with Gasteiger partial charge in [-0.3, -0.25) is 9.36 Å². The molecule has 0 radical (unpaired) electrons. The SMILES string of the molecule is O=c1nc2n(cc1F)C1CC(O2)C(CO)O1. The maximum absolute atomic E-state index is 13.1. The van der Waals surface area contributed by atoms with E-state index in [1.54, 1.807) is 0 Å². The highest BCUT2D eigenvalue weighted by atomic mass is 19.1. The summed E-state index contributed by atoms with van der Waals surface area (Å²) < 4.78 is 25.2. The molecule has 0 amide bonds. The maximum atomic E-state index is 13.1. The van der Waals surface area contributed by atoms with Gasteiger partial charge in [0.15, 0.2) is 0 Å². The van der Waals surface area contributed by atoms with Crippen molar-refractivity contribution in [1.29, 1.82) is 0 Å². The van der Waals surface area contributed by atoms with Gasteiger partial charge in [0.1, 0.15) is 18.4 Å². The number of halogens is 1. The van der Waals surface area contributed by atoms with Gasteiger partial charge in [-0.2, -0.15) is 9.37 Å². The molecule has 7 heteroatoms. The minimum absolute atomic E-state index is 0.0450. The van der Waals surface area contributed by atoms with Crippen molar-refractivity contribution in [3.05, 3.63) is 22.4 Å². The lowest BCUT2D eigenvalue weighted by molar-refractivity contribution is -0.0249. The molecule has 1 N–H and O–H groups in total. The van der Waals surface area contributed by atoms with Gasteiger partial charge >= 0.3 is 11.6 Å². The lowest BCUT2D eigenvalue weighted by atomic mass is 10.2. The van der Waals surface area contributed by atoms with Gasteiger partial charge in [0.05, 0.1) is 12.8 Å². The third kappa shape index (κ3) is 1.25. The molecule has 1 fully saturated rings. The Hall–Kier alpha value is -1.47. The van der Waals surface area contributed by atoms with Crippen molar-refractivity contribution in [3.63, 3.8) is 0 Å². The Bertz CT molecular complexity index is 489. The average molecular weight is 228 g/mol. The van der Waals surface area contributed by atoms with E-state index in [0.29, 0.717) is 6.42 Å². The van der Waals surface area contributed by atoms with Crippen LogP contribution in [0.2, 0.25) is 0 Å². The summed E-state index contributed by atoms with van der Waals surface area (Å²) in [6.07, 6.45) is 0.332. The highest BCUT2D eigenvalue weighted by Crippen LogP contribution is 2.37. The van der Waals surface area contributed by atoms with E-state index in [-0.39, 0.29) is 18.7 Å². The summed E-state index contributed by atoms with van der Waals surface area (Å²) in [4.78, 5) is 14.5. The second-order valence-electron chi connectivity index (χ2n) is 3.79. The monoisotopic (exact) mass is 228 g/mol. The van der Waals surface area contributed by atoms with Crippen molar-refractivity contribution in [2.75, 3.05) is 6.61 Å². The van der Waals surface area contributed by atoms with E-state index < -0.39 is 23.7 Å². The number of rotatable bonds is 1. The number of fused-ring (bicyclic) bond motifs is 4. The predicted octanol–water partition coefficient (Wildman–Crippen LogP) is -0.577. The smallest absolute Gasteiger partial charge is 0.311 e. The summed E-state index contributed by atoms with van der Waals surface area (Å²) in [5, 5.41) is 9.03. The quantitative estimate of drug-likeness (QED) is 0.696. The first kappa shape index (κ1) is 9.73. The molecule has 0 aromatic carbocycles. The Morgan fingerprint density at radius 3 is 3.25 bits per heavy atom.